The van der Waals surface area contributed by atoms with E-state index in [4.69, 9.17) is 0 Å². The van der Waals surface area contributed by atoms with Gasteiger partial charge in [-0.25, -0.2) is 9.78 Å². The summed E-state index contributed by atoms with van der Waals surface area (Å²) < 4.78 is 2.24. The topological polar surface area (TPSA) is 67.2 Å². The summed E-state index contributed by atoms with van der Waals surface area (Å²) in [6.07, 6.45) is 3.98. The van der Waals surface area contributed by atoms with E-state index in [2.05, 4.69) is 33.9 Å². The number of carboxylic acid groups (broad SMARTS) is 1. The van der Waals surface area contributed by atoms with Gasteiger partial charge in [-0.15, -0.1) is 0 Å². The molecule has 5 heteroatoms. The first-order valence-corrected chi connectivity index (χ1v) is 9.15. The Labute approximate surface area is 152 Å². The number of nitrogens with zero attached hydrogens (tertiary/aromatic N) is 2. The van der Waals surface area contributed by atoms with Crippen LogP contribution in [0, 0.1) is 0 Å². The minimum atomic E-state index is -0.889. The summed E-state index contributed by atoms with van der Waals surface area (Å²) in [5.41, 5.74) is 3.36. The van der Waals surface area contributed by atoms with Crippen LogP contribution in [0.2, 0.25) is 0 Å². The molecule has 4 rings (SSSR count). The Balaban J connectivity index is 1.88. The molecule has 1 unspecified atom stereocenters. The van der Waals surface area contributed by atoms with Crippen molar-refractivity contribution < 1.29 is 9.90 Å². The first-order valence-electron chi connectivity index (χ1n) is 9.15. The standard InChI is InChI=1S/C21H23N3O2/c1-14(17-6-2-3-7-18(17)21(25)26)24-19(15-8-11-22-12-9-15)13-16-5-4-10-23-20(16)24/h2-7,10,13-15,22H,8-9,11-12H2,1H3,(H,25,26). The van der Waals surface area contributed by atoms with Gasteiger partial charge in [-0.2, -0.15) is 0 Å². The summed E-state index contributed by atoms with van der Waals surface area (Å²) in [5, 5.41) is 14.1. The lowest BCUT2D eigenvalue weighted by Gasteiger charge is -2.27. The number of rotatable bonds is 4. The van der Waals surface area contributed by atoms with E-state index in [9.17, 15) is 9.90 Å². The van der Waals surface area contributed by atoms with Crippen molar-refractivity contribution >= 4 is 17.0 Å². The second-order valence-electron chi connectivity index (χ2n) is 6.95. The van der Waals surface area contributed by atoms with Crippen LogP contribution in [0.1, 0.15) is 53.3 Å². The molecule has 3 aromatic rings. The monoisotopic (exact) mass is 349 g/mol. The van der Waals surface area contributed by atoms with Gasteiger partial charge in [0, 0.05) is 23.2 Å². The Morgan fingerprint density at radius 3 is 2.77 bits per heavy atom. The van der Waals surface area contributed by atoms with E-state index in [0.717, 1.165) is 42.5 Å². The molecule has 0 aliphatic carbocycles. The number of nitrogens with one attached hydrogen (secondary N) is 1. The van der Waals surface area contributed by atoms with Gasteiger partial charge >= 0.3 is 5.97 Å². The van der Waals surface area contributed by atoms with Crippen molar-refractivity contribution in [2.45, 2.75) is 31.7 Å². The highest BCUT2D eigenvalue weighted by Crippen LogP contribution is 2.35. The molecule has 1 aliphatic rings. The lowest BCUT2D eigenvalue weighted by atomic mass is 9.93. The van der Waals surface area contributed by atoms with Crippen molar-refractivity contribution in [2.75, 3.05) is 13.1 Å². The molecule has 0 saturated carbocycles. The number of piperidine rings is 1. The highest BCUT2D eigenvalue weighted by molar-refractivity contribution is 5.89. The Kier molecular flexibility index (Phi) is 4.47. The Bertz CT molecular complexity index is 941. The minimum absolute atomic E-state index is 0.0976. The summed E-state index contributed by atoms with van der Waals surface area (Å²) >= 11 is 0. The van der Waals surface area contributed by atoms with Gasteiger partial charge < -0.3 is 15.0 Å². The highest BCUT2D eigenvalue weighted by atomic mass is 16.4. The van der Waals surface area contributed by atoms with Crippen molar-refractivity contribution in [3.05, 3.63) is 65.5 Å². The van der Waals surface area contributed by atoms with E-state index in [1.807, 2.05) is 18.2 Å². The molecule has 1 aromatic carbocycles. The van der Waals surface area contributed by atoms with Gasteiger partial charge in [0.05, 0.1) is 11.6 Å². The van der Waals surface area contributed by atoms with Gasteiger partial charge in [-0.05, 0) is 62.7 Å². The number of pyridine rings is 1. The molecular weight excluding hydrogens is 326 g/mol. The van der Waals surface area contributed by atoms with E-state index >= 15 is 0 Å². The molecular formula is C21H23N3O2. The van der Waals surface area contributed by atoms with E-state index < -0.39 is 5.97 Å². The number of carbonyl (C=O) groups is 1. The molecule has 1 saturated heterocycles. The number of aromatic nitrogens is 2. The Morgan fingerprint density at radius 2 is 2.00 bits per heavy atom. The van der Waals surface area contributed by atoms with Crippen molar-refractivity contribution in [2.24, 2.45) is 0 Å². The largest absolute Gasteiger partial charge is 0.478 e. The quantitative estimate of drug-likeness (QED) is 0.752. The lowest BCUT2D eigenvalue weighted by Crippen LogP contribution is -2.28. The molecule has 0 amide bonds. The molecule has 134 valence electrons. The number of fused-ring (bicyclic) bond motifs is 1. The zero-order valence-corrected chi connectivity index (χ0v) is 14.9. The van der Waals surface area contributed by atoms with E-state index in [-0.39, 0.29) is 6.04 Å². The Hall–Kier alpha value is -2.66. The van der Waals surface area contributed by atoms with Crippen LogP contribution >= 0.6 is 0 Å². The van der Waals surface area contributed by atoms with Crippen LogP contribution in [0.5, 0.6) is 0 Å². The smallest absolute Gasteiger partial charge is 0.336 e. The van der Waals surface area contributed by atoms with Gasteiger partial charge in [0.15, 0.2) is 0 Å². The fourth-order valence-corrected chi connectivity index (χ4v) is 4.11. The number of hydrogen-bond acceptors (Lipinski definition) is 3. The molecule has 0 spiro atoms. The van der Waals surface area contributed by atoms with Crippen molar-refractivity contribution in [3.8, 4) is 0 Å². The molecule has 5 nitrogen and oxygen atoms in total. The average molecular weight is 349 g/mol. The zero-order chi connectivity index (χ0) is 18.1. The molecule has 1 aliphatic heterocycles. The summed E-state index contributed by atoms with van der Waals surface area (Å²) in [7, 11) is 0. The fourth-order valence-electron chi connectivity index (χ4n) is 4.11. The third-order valence-electron chi connectivity index (χ3n) is 5.41. The third-order valence-corrected chi connectivity index (χ3v) is 5.41. The molecule has 2 aromatic heterocycles. The van der Waals surface area contributed by atoms with E-state index in [1.165, 1.54) is 5.69 Å². The average Bonchev–Trinajstić information content (AvgIpc) is 3.07. The predicted molar refractivity (Wildman–Crippen MR) is 102 cm³/mol. The SMILES string of the molecule is CC(c1ccccc1C(=O)O)n1c(C2CCNCC2)cc2cccnc21. The second kappa shape index (κ2) is 6.92. The number of benzene rings is 1. The zero-order valence-electron chi connectivity index (χ0n) is 14.9. The van der Waals surface area contributed by atoms with Crippen LogP contribution in [0.25, 0.3) is 11.0 Å². The second-order valence-corrected chi connectivity index (χ2v) is 6.95. The van der Waals surface area contributed by atoms with E-state index in [0.29, 0.717) is 11.5 Å². The Morgan fingerprint density at radius 1 is 1.23 bits per heavy atom. The molecule has 1 fully saturated rings. The number of hydrogen-bond donors (Lipinski definition) is 2. The molecule has 2 N–H and O–H groups in total. The lowest BCUT2D eigenvalue weighted by molar-refractivity contribution is 0.0695. The summed E-state index contributed by atoms with van der Waals surface area (Å²) in [6.45, 7) is 4.10. The first kappa shape index (κ1) is 16.8. The van der Waals surface area contributed by atoms with Crippen molar-refractivity contribution in [3.63, 3.8) is 0 Å². The van der Waals surface area contributed by atoms with Gasteiger partial charge in [-0.3, -0.25) is 0 Å². The van der Waals surface area contributed by atoms with Crippen LogP contribution in [0.3, 0.4) is 0 Å². The highest BCUT2D eigenvalue weighted by Gasteiger charge is 2.25. The summed E-state index contributed by atoms with van der Waals surface area (Å²) in [4.78, 5) is 16.3. The molecule has 0 bridgehead atoms. The van der Waals surface area contributed by atoms with Crippen molar-refractivity contribution in [1.82, 2.24) is 14.9 Å². The van der Waals surface area contributed by atoms with Crippen LogP contribution < -0.4 is 5.32 Å². The van der Waals surface area contributed by atoms with Crippen molar-refractivity contribution in [1.29, 1.82) is 0 Å². The summed E-state index contributed by atoms with van der Waals surface area (Å²) in [5.74, 6) is -0.426. The van der Waals surface area contributed by atoms with Gasteiger partial charge in [0.1, 0.15) is 5.65 Å². The number of aromatic carboxylic acids is 1. The summed E-state index contributed by atoms with van der Waals surface area (Å²) in [6, 6.07) is 13.4. The van der Waals surface area contributed by atoms with Crippen LogP contribution in [-0.4, -0.2) is 33.7 Å². The van der Waals surface area contributed by atoms with Crippen LogP contribution in [0.15, 0.2) is 48.7 Å². The van der Waals surface area contributed by atoms with Gasteiger partial charge in [0.2, 0.25) is 0 Å². The maximum Gasteiger partial charge on any atom is 0.336 e. The molecule has 1 atom stereocenters. The normalized spacial score (nSPS) is 16.7. The number of carboxylic acids is 1. The minimum Gasteiger partial charge on any atom is -0.478 e. The maximum atomic E-state index is 11.7. The first-order chi connectivity index (χ1) is 12.7. The third kappa shape index (κ3) is 2.88. The molecule has 3 heterocycles. The molecule has 26 heavy (non-hydrogen) atoms. The maximum absolute atomic E-state index is 11.7. The van der Waals surface area contributed by atoms with Crippen LogP contribution in [-0.2, 0) is 0 Å². The predicted octanol–water partition coefficient (Wildman–Crippen LogP) is 3.81. The van der Waals surface area contributed by atoms with Gasteiger partial charge in [-0.1, -0.05) is 18.2 Å². The van der Waals surface area contributed by atoms with E-state index in [1.54, 1.807) is 18.3 Å². The van der Waals surface area contributed by atoms with Crippen LogP contribution in [0.4, 0.5) is 0 Å². The van der Waals surface area contributed by atoms with Gasteiger partial charge in [0.25, 0.3) is 0 Å². The fraction of sp³-hybridized carbons (Fsp3) is 0.333. The molecule has 0 radical (unpaired) electrons.